The van der Waals surface area contributed by atoms with Gasteiger partial charge in [-0.25, -0.2) is 0 Å². The first-order valence-corrected chi connectivity index (χ1v) is 9.64. The number of halogens is 1. The maximum Gasteiger partial charge on any atom is 0.253 e. The third-order valence-electron chi connectivity index (χ3n) is 4.91. The number of hydrogen-bond acceptors (Lipinski definition) is 3. The normalized spacial score (nSPS) is 11.9. The van der Waals surface area contributed by atoms with Crippen molar-refractivity contribution in [3.8, 4) is 11.1 Å². The fourth-order valence-electron chi connectivity index (χ4n) is 3.44. The van der Waals surface area contributed by atoms with Crippen LogP contribution in [0, 0.1) is 0 Å². The quantitative estimate of drug-likeness (QED) is 0.492. The smallest absolute Gasteiger partial charge is 0.253 e. The molecule has 144 valence electrons. The van der Waals surface area contributed by atoms with Crippen LogP contribution >= 0.6 is 11.6 Å². The van der Waals surface area contributed by atoms with Crippen LogP contribution in [-0.2, 0) is 0 Å². The Morgan fingerprint density at radius 2 is 1.72 bits per heavy atom. The zero-order chi connectivity index (χ0) is 20.2. The zero-order valence-electron chi connectivity index (χ0n) is 15.5. The van der Waals surface area contributed by atoms with Crippen LogP contribution in [0.2, 0.25) is 5.02 Å². The first-order chi connectivity index (χ1) is 14.2. The second-order valence-electron chi connectivity index (χ2n) is 6.71. The van der Waals surface area contributed by atoms with E-state index in [1.54, 1.807) is 24.5 Å². The van der Waals surface area contributed by atoms with Crippen molar-refractivity contribution >= 4 is 28.3 Å². The summed E-state index contributed by atoms with van der Waals surface area (Å²) in [6, 6.07) is 22.3. The molecule has 1 aromatic heterocycles. The van der Waals surface area contributed by atoms with Crippen molar-refractivity contribution in [2.45, 2.75) is 6.04 Å². The number of aliphatic hydroxyl groups excluding tert-OH is 1. The average Bonchev–Trinajstić information content (AvgIpc) is 2.77. The highest BCUT2D eigenvalue weighted by Crippen LogP contribution is 2.27. The van der Waals surface area contributed by atoms with Gasteiger partial charge < -0.3 is 10.4 Å². The molecule has 3 aromatic carbocycles. The number of fused-ring (bicyclic) bond motifs is 1. The van der Waals surface area contributed by atoms with E-state index in [1.165, 1.54) is 0 Å². The van der Waals surface area contributed by atoms with E-state index >= 15 is 0 Å². The van der Waals surface area contributed by atoms with E-state index in [0.717, 1.165) is 27.5 Å². The van der Waals surface area contributed by atoms with E-state index in [0.29, 0.717) is 10.6 Å². The van der Waals surface area contributed by atoms with E-state index in [9.17, 15) is 9.90 Å². The number of carbonyl (C=O) groups is 1. The molecule has 2 N–H and O–H groups in total. The highest BCUT2D eigenvalue weighted by atomic mass is 35.5. The van der Waals surface area contributed by atoms with Crippen molar-refractivity contribution in [3.63, 3.8) is 0 Å². The third kappa shape index (κ3) is 3.99. The molecular formula is C24H19ClN2O2. The molecule has 4 nitrogen and oxygen atoms in total. The molecule has 0 aliphatic carbocycles. The molecule has 0 bridgehead atoms. The van der Waals surface area contributed by atoms with Gasteiger partial charge in [-0.15, -0.1) is 0 Å². The number of nitrogens with one attached hydrogen (secondary N) is 1. The van der Waals surface area contributed by atoms with E-state index in [2.05, 4.69) is 10.3 Å². The monoisotopic (exact) mass is 402 g/mol. The van der Waals surface area contributed by atoms with Crippen LogP contribution in [0.4, 0.5) is 0 Å². The molecule has 0 fully saturated rings. The maximum absolute atomic E-state index is 12.9. The van der Waals surface area contributed by atoms with Crippen LogP contribution in [0.25, 0.3) is 21.9 Å². The van der Waals surface area contributed by atoms with Gasteiger partial charge in [-0.05, 0) is 51.7 Å². The summed E-state index contributed by atoms with van der Waals surface area (Å²) in [6.07, 6.45) is 3.42. The number of rotatable bonds is 5. The maximum atomic E-state index is 12.9. The molecule has 1 heterocycles. The highest BCUT2D eigenvalue weighted by Gasteiger charge is 2.19. The van der Waals surface area contributed by atoms with Crippen LogP contribution < -0.4 is 5.32 Å². The predicted molar refractivity (Wildman–Crippen MR) is 116 cm³/mol. The van der Waals surface area contributed by atoms with Crippen LogP contribution in [0.5, 0.6) is 0 Å². The van der Waals surface area contributed by atoms with Gasteiger partial charge in [0.1, 0.15) is 0 Å². The van der Waals surface area contributed by atoms with Gasteiger partial charge in [0.05, 0.1) is 23.2 Å². The molecule has 4 rings (SSSR count). The van der Waals surface area contributed by atoms with Crippen LogP contribution in [0.3, 0.4) is 0 Å². The van der Waals surface area contributed by atoms with E-state index < -0.39 is 6.04 Å². The van der Waals surface area contributed by atoms with Crippen molar-refractivity contribution < 1.29 is 9.90 Å². The first kappa shape index (κ1) is 19.1. The molecule has 0 spiro atoms. The Morgan fingerprint density at radius 3 is 2.48 bits per heavy atom. The summed E-state index contributed by atoms with van der Waals surface area (Å²) in [5.41, 5.74) is 3.10. The van der Waals surface area contributed by atoms with Gasteiger partial charge in [0.15, 0.2) is 0 Å². The number of aromatic nitrogens is 1. The zero-order valence-corrected chi connectivity index (χ0v) is 16.3. The van der Waals surface area contributed by atoms with Gasteiger partial charge >= 0.3 is 0 Å². The summed E-state index contributed by atoms with van der Waals surface area (Å²) in [5, 5.41) is 15.3. The van der Waals surface area contributed by atoms with Crippen LogP contribution in [0.15, 0.2) is 85.2 Å². The Labute approximate surface area is 173 Å². The fraction of sp³-hybridized carbons (Fsp3) is 0.0833. The number of nitrogens with zero attached hydrogens (tertiary/aromatic N) is 1. The highest BCUT2D eigenvalue weighted by molar-refractivity contribution is 6.34. The number of benzene rings is 3. The standard InChI is InChI=1S/C24H19ClN2O2/c25-22-14-18(16-10-12-26-13-11-16)8-9-21(22)24(29)27-23(15-28)20-7-3-5-17-4-1-2-6-19(17)20/h1-14,23,28H,15H2,(H,27,29). The van der Waals surface area contributed by atoms with Gasteiger partial charge in [-0.1, -0.05) is 60.1 Å². The molecule has 1 amide bonds. The minimum atomic E-state index is -0.537. The Hall–Kier alpha value is -3.21. The van der Waals surface area contributed by atoms with Gasteiger partial charge in [-0.3, -0.25) is 9.78 Å². The van der Waals surface area contributed by atoms with Gasteiger partial charge in [-0.2, -0.15) is 0 Å². The Balaban J connectivity index is 1.61. The Morgan fingerprint density at radius 1 is 0.966 bits per heavy atom. The largest absolute Gasteiger partial charge is 0.394 e. The summed E-state index contributed by atoms with van der Waals surface area (Å²) in [4.78, 5) is 16.9. The molecule has 29 heavy (non-hydrogen) atoms. The predicted octanol–water partition coefficient (Wildman–Crippen LogP) is 5.02. The number of aliphatic hydroxyl groups is 1. The number of amides is 1. The second kappa shape index (κ2) is 8.43. The van der Waals surface area contributed by atoms with Crippen molar-refractivity contribution in [2.24, 2.45) is 0 Å². The van der Waals surface area contributed by atoms with E-state index in [1.807, 2.05) is 60.7 Å². The first-order valence-electron chi connectivity index (χ1n) is 9.26. The molecule has 1 unspecified atom stereocenters. The van der Waals surface area contributed by atoms with Crippen LogP contribution in [-0.4, -0.2) is 22.6 Å². The third-order valence-corrected chi connectivity index (χ3v) is 5.23. The fourth-order valence-corrected chi connectivity index (χ4v) is 3.70. The molecule has 0 aliphatic rings. The van der Waals surface area contributed by atoms with E-state index in [4.69, 9.17) is 11.6 Å². The summed E-state index contributed by atoms with van der Waals surface area (Å²) >= 11 is 6.40. The van der Waals surface area contributed by atoms with Gasteiger partial charge in [0.25, 0.3) is 5.91 Å². The van der Waals surface area contributed by atoms with Gasteiger partial charge in [0.2, 0.25) is 0 Å². The molecule has 0 radical (unpaired) electrons. The molecular weight excluding hydrogens is 384 g/mol. The lowest BCUT2D eigenvalue weighted by Gasteiger charge is -2.19. The van der Waals surface area contributed by atoms with Crippen molar-refractivity contribution in [2.75, 3.05) is 6.61 Å². The lowest BCUT2D eigenvalue weighted by Crippen LogP contribution is -2.31. The number of hydrogen-bond donors (Lipinski definition) is 2. The van der Waals surface area contributed by atoms with E-state index in [-0.39, 0.29) is 12.5 Å². The molecule has 0 saturated heterocycles. The summed E-state index contributed by atoms with van der Waals surface area (Å²) in [5.74, 6) is -0.330. The summed E-state index contributed by atoms with van der Waals surface area (Å²) in [6.45, 7) is -0.216. The van der Waals surface area contributed by atoms with Crippen LogP contribution in [0.1, 0.15) is 22.0 Å². The topological polar surface area (TPSA) is 62.2 Å². The summed E-state index contributed by atoms with van der Waals surface area (Å²) < 4.78 is 0. The lowest BCUT2D eigenvalue weighted by atomic mass is 9.98. The SMILES string of the molecule is O=C(NC(CO)c1cccc2ccccc12)c1ccc(-c2ccncc2)cc1Cl. The molecule has 0 aliphatic heterocycles. The Bertz CT molecular complexity index is 1160. The van der Waals surface area contributed by atoms with Crippen molar-refractivity contribution in [1.29, 1.82) is 0 Å². The number of pyridine rings is 1. The number of carbonyl (C=O) groups excluding carboxylic acids is 1. The molecule has 0 saturated carbocycles. The van der Waals surface area contributed by atoms with Gasteiger partial charge in [0, 0.05) is 12.4 Å². The minimum Gasteiger partial charge on any atom is -0.394 e. The Kier molecular flexibility index (Phi) is 5.56. The van der Waals surface area contributed by atoms with Crippen molar-refractivity contribution in [1.82, 2.24) is 10.3 Å². The molecule has 1 atom stereocenters. The summed E-state index contributed by atoms with van der Waals surface area (Å²) in [7, 11) is 0. The second-order valence-corrected chi connectivity index (χ2v) is 7.11. The molecule has 4 aromatic rings. The average molecular weight is 403 g/mol. The minimum absolute atomic E-state index is 0.216. The lowest BCUT2D eigenvalue weighted by molar-refractivity contribution is 0.0917. The van der Waals surface area contributed by atoms with Crippen molar-refractivity contribution in [3.05, 3.63) is 101 Å². The molecule has 5 heteroatoms.